The normalized spacial score (nSPS) is 10.4. The van der Waals surface area contributed by atoms with E-state index in [0.29, 0.717) is 11.1 Å². The Morgan fingerprint density at radius 1 is 0.966 bits per heavy atom. The van der Waals surface area contributed by atoms with Gasteiger partial charge >= 0.3 is 5.97 Å². The van der Waals surface area contributed by atoms with Gasteiger partial charge in [-0.25, -0.2) is 4.39 Å². The molecule has 0 radical (unpaired) electrons. The van der Waals surface area contributed by atoms with E-state index in [1.165, 1.54) is 12.1 Å². The maximum absolute atomic E-state index is 13.7. The lowest BCUT2D eigenvalue weighted by molar-refractivity contribution is -0.146. The average molecular weight is 394 g/mol. The number of aryl methyl sites for hydroxylation is 1. The van der Waals surface area contributed by atoms with E-state index >= 15 is 0 Å². The van der Waals surface area contributed by atoms with Crippen molar-refractivity contribution in [2.24, 2.45) is 0 Å². The number of benzene rings is 3. The van der Waals surface area contributed by atoms with E-state index in [0.717, 1.165) is 10.8 Å². The van der Waals surface area contributed by atoms with Crippen LogP contribution in [0.15, 0.2) is 60.7 Å². The van der Waals surface area contributed by atoms with Gasteiger partial charge < -0.3 is 15.4 Å². The number of rotatable bonds is 6. The maximum Gasteiger partial charge on any atom is 0.325 e. The summed E-state index contributed by atoms with van der Waals surface area (Å²) in [4.78, 5) is 35.8. The van der Waals surface area contributed by atoms with Crippen molar-refractivity contribution in [3.05, 3.63) is 77.6 Å². The molecular formula is C22H19FN2O4. The summed E-state index contributed by atoms with van der Waals surface area (Å²) in [6.07, 6.45) is 0. The van der Waals surface area contributed by atoms with Crippen LogP contribution in [0.25, 0.3) is 10.8 Å². The van der Waals surface area contributed by atoms with E-state index in [2.05, 4.69) is 10.6 Å². The fourth-order valence-corrected chi connectivity index (χ4v) is 2.69. The summed E-state index contributed by atoms with van der Waals surface area (Å²) in [5.74, 6) is -2.47. The Balaban J connectivity index is 1.46. The Bertz CT molecular complexity index is 1080. The summed E-state index contributed by atoms with van der Waals surface area (Å²) >= 11 is 0. The van der Waals surface area contributed by atoms with Gasteiger partial charge in [0, 0.05) is 5.56 Å². The van der Waals surface area contributed by atoms with Crippen molar-refractivity contribution in [1.82, 2.24) is 5.32 Å². The van der Waals surface area contributed by atoms with Gasteiger partial charge in [0.25, 0.3) is 11.8 Å². The summed E-state index contributed by atoms with van der Waals surface area (Å²) in [7, 11) is 0. The predicted molar refractivity (Wildman–Crippen MR) is 107 cm³/mol. The Labute approximate surface area is 166 Å². The van der Waals surface area contributed by atoms with Gasteiger partial charge in [-0.2, -0.15) is 0 Å². The highest BCUT2D eigenvalue weighted by atomic mass is 19.1. The van der Waals surface area contributed by atoms with Crippen molar-refractivity contribution in [3.8, 4) is 0 Å². The summed E-state index contributed by atoms with van der Waals surface area (Å²) < 4.78 is 18.5. The van der Waals surface area contributed by atoms with Crippen LogP contribution in [-0.2, 0) is 14.3 Å². The number of hydrogen-bond acceptors (Lipinski definition) is 4. The number of fused-ring (bicyclic) bond motifs is 1. The van der Waals surface area contributed by atoms with Crippen molar-refractivity contribution in [3.63, 3.8) is 0 Å². The highest BCUT2D eigenvalue weighted by Gasteiger charge is 2.12. The molecule has 0 bridgehead atoms. The molecule has 2 N–H and O–H groups in total. The van der Waals surface area contributed by atoms with E-state index in [4.69, 9.17) is 4.74 Å². The number of hydrogen-bond donors (Lipinski definition) is 2. The highest BCUT2D eigenvalue weighted by Crippen LogP contribution is 2.16. The summed E-state index contributed by atoms with van der Waals surface area (Å²) in [6.45, 7) is 0.749. The summed E-state index contributed by atoms with van der Waals surface area (Å²) in [5.41, 5.74) is 1.12. The van der Waals surface area contributed by atoms with Crippen molar-refractivity contribution in [2.45, 2.75) is 6.92 Å². The van der Waals surface area contributed by atoms with E-state index in [1.807, 2.05) is 30.3 Å². The van der Waals surface area contributed by atoms with Crippen LogP contribution in [0.3, 0.4) is 0 Å². The molecular weight excluding hydrogens is 375 g/mol. The lowest BCUT2D eigenvalue weighted by Gasteiger charge is -2.09. The molecule has 3 aromatic carbocycles. The maximum atomic E-state index is 13.7. The van der Waals surface area contributed by atoms with Crippen LogP contribution in [0.1, 0.15) is 15.9 Å². The molecule has 0 saturated carbocycles. The first kappa shape index (κ1) is 20.0. The minimum Gasteiger partial charge on any atom is -0.454 e. The second-order valence-electron chi connectivity index (χ2n) is 6.44. The molecule has 3 rings (SSSR count). The van der Waals surface area contributed by atoms with Gasteiger partial charge in [0.15, 0.2) is 6.61 Å². The van der Waals surface area contributed by atoms with Gasteiger partial charge in [0.05, 0.1) is 5.69 Å². The third-order valence-electron chi connectivity index (χ3n) is 4.17. The van der Waals surface area contributed by atoms with Crippen molar-refractivity contribution < 1.29 is 23.5 Å². The standard InChI is InChI=1S/C22H19FN2O4/c1-14-6-9-19(18(23)10-14)25-20(26)13-29-21(27)12-24-22(28)17-8-7-15-4-2-3-5-16(15)11-17/h2-11H,12-13H2,1H3,(H,24,28)(H,25,26). The van der Waals surface area contributed by atoms with Crippen molar-refractivity contribution >= 4 is 34.2 Å². The molecule has 2 amide bonds. The first-order valence-corrected chi connectivity index (χ1v) is 8.91. The van der Waals surface area contributed by atoms with Crippen LogP contribution in [0.4, 0.5) is 10.1 Å². The topological polar surface area (TPSA) is 84.5 Å². The average Bonchev–Trinajstić information content (AvgIpc) is 2.72. The molecule has 0 heterocycles. The molecule has 0 aliphatic heterocycles. The molecule has 7 heteroatoms. The molecule has 0 spiro atoms. The second kappa shape index (κ2) is 8.97. The Morgan fingerprint density at radius 2 is 1.72 bits per heavy atom. The van der Waals surface area contributed by atoms with Crippen LogP contribution in [0.2, 0.25) is 0 Å². The summed E-state index contributed by atoms with van der Waals surface area (Å²) in [6, 6.07) is 17.1. The lowest BCUT2D eigenvalue weighted by atomic mass is 10.1. The third-order valence-corrected chi connectivity index (χ3v) is 4.17. The van der Waals surface area contributed by atoms with Gasteiger partial charge in [0.1, 0.15) is 12.4 Å². The minimum atomic E-state index is -0.779. The largest absolute Gasteiger partial charge is 0.454 e. The molecule has 0 aliphatic rings. The molecule has 0 aliphatic carbocycles. The lowest BCUT2D eigenvalue weighted by Crippen LogP contribution is -2.32. The number of anilines is 1. The van der Waals surface area contributed by atoms with E-state index in [1.54, 1.807) is 25.1 Å². The number of amides is 2. The molecule has 6 nitrogen and oxygen atoms in total. The van der Waals surface area contributed by atoms with Gasteiger partial charge in [-0.15, -0.1) is 0 Å². The molecule has 3 aromatic rings. The molecule has 0 fully saturated rings. The van der Waals surface area contributed by atoms with Gasteiger partial charge in [0.2, 0.25) is 0 Å². The molecule has 0 atom stereocenters. The van der Waals surface area contributed by atoms with Crippen LogP contribution < -0.4 is 10.6 Å². The number of ether oxygens (including phenoxy) is 1. The first-order chi connectivity index (χ1) is 13.9. The zero-order valence-electron chi connectivity index (χ0n) is 15.7. The highest BCUT2D eigenvalue weighted by molar-refractivity contribution is 6.00. The Morgan fingerprint density at radius 3 is 2.48 bits per heavy atom. The zero-order valence-corrected chi connectivity index (χ0v) is 15.7. The third kappa shape index (κ3) is 5.38. The Kier molecular flexibility index (Phi) is 6.19. The van der Waals surface area contributed by atoms with Gasteiger partial charge in [-0.05, 0) is 47.5 Å². The minimum absolute atomic E-state index is 0.00116. The van der Waals surface area contributed by atoms with Crippen LogP contribution >= 0.6 is 0 Å². The zero-order chi connectivity index (χ0) is 20.8. The smallest absolute Gasteiger partial charge is 0.325 e. The SMILES string of the molecule is Cc1ccc(NC(=O)COC(=O)CNC(=O)c2ccc3ccccc3c2)c(F)c1. The van der Waals surface area contributed by atoms with Crippen LogP contribution in [0, 0.1) is 12.7 Å². The van der Waals surface area contributed by atoms with E-state index < -0.39 is 36.8 Å². The van der Waals surface area contributed by atoms with E-state index in [9.17, 15) is 18.8 Å². The van der Waals surface area contributed by atoms with Crippen LogP contribution in [-0.4, -0.2) is 30.9 Å². The molecule has 29 heavy (non-hydrogen) atoms. The fraction of sp³-hybridized carbons (Fsp3) is 0.136. The van der Waals surface area contributed by atoms with Crippen molar-refractivity contribution in [1.29, 1.82) is 0 Å². The molecule has 0 aromatic heterocycles. The predicted octanol–water partition coefficient (Wildman–Crippen LogP) is 3.20. The van der Waals surface area contributed by atoms with Crippen LogP contribution in [0.5, 0.6) is 0 Å². The first-order valence-electron chi connectivity index (χ1n) is 8.91. The molecule has 148 valence electrons. The number of halogens is 1. The molecule has 0 saturated heterocycles. The number of esters is 1. The van der Waals surface area contributed by atoms with E-state index in [-0.39, 0.29) is 5.69 Å². The van der Waals surface area contributed by atoms with Gasteiger partial charge in [-0.1, -0.05) is 36.4 Å². The number of nitrogens with one attached hydrogen (secondary N) is 2. The number of carbonyl (C=O) groups excluding carboxylic acids is 3. The second-order valence-corrected chi connectivity index (χ2v) is 6.44. The van der Waals surface area contributed by atoms with Gasteiger partial charge in [-0.3, -0.25) is 14.4 Å². The molecule has 0 unspecified atom stereocenters. The monoisotopic (exact) mass is 394 g/mol. The fourth-order valence-electron chi connectivity index (χ4n) is 2.69. The van der Waals surface area contributed by atoms with Crippen molar-refractivity contribution in [2.75, 3.05) is 18.5 Å². The quantitative estimate of drug-likeness (QED) is 0.629. The number of carbonyl (C=O) groups is 3. The summed E-state index contributed by atoms with van der Waals surface area (Å²) in [5, 5.41) is 6.67. The Hall–Kier alpha value is -3.74.